The molecule has 2 aromatic carbocycles. The van der Waals surface area contributed by atoms with Gasteiger partial charge in [-0.3, -0.25) is 14.6 Å². The van der Waals surface area contributed by atoms with E-state index in [1.54, 1.807) is 19.2 Å². The lowest BCUT2D eigenvalue weighted by atomic mass is 10.3. The molecule has 24 heavy (non-hydrogen) atoms. The van der Waals surface area contributed by atoms with E-state index in [-0.39, 0.29) is 18.2 Å². The number of thioether (sulfide) groups is 1. The predicted molar refractivity (Wildman–Crippen MR) is 98.4 cm³/mol. The number of amidine groups is 1. The summed E-state index contributed by atoms with van der Waals surface area (Å²) in [4.78, 5) is 30.3. The number of hydrogen-bond donors (Lipinski definition) is 1. The maximum absolute atomic E-state index is 12.6. The van der Waals surface area contributed by atoms with E-state index in [4.69, 9.17) is 0 Å². The Balaban J connectivity index is 1.71. The number of amides is 2. The van der Waals surface area contributed by atoms with Crippen molar-refractivity contribution in [1.29, 1.82) is 0 Å². The molecule has 2 amide bonds. The number of imide groups is 1. The zero-order valence-corrected chi connectivity index (χ0v) is 14.0. The van der Waals surface area contributed by atoms with Crippen LogP contribution < -0.4 is 10.2 Å². The topological polar surface area (TPSA) is 61.8 Å². The Morgan fingerprint density at radius 1 is 1.08 bits per heavy atom. The molecular formula is C18H17N3O2S. The van der Waals surface area contributed by atoms with E-state index in [0.29, 0.717) is 10.9 Å². The lowest BCUT2D eigenvalue weighted by molar-refractivity contribution is -0.121. The highest BCUT2D eigenvalue weighted by atomic mass is 32.2. The Kier molecular flexibility index (Phi) is 4.96. The third kappa shape index (κ3) is 3.49. The molecule has 0 saturated carbocycles. The van der Waals surface area contributed by atoms with Crippen LogP contribution in [0.25, 0.3) is 0 Å². The SMILES string of the molecule is CN=C(Nc1ccccc1)S[C@@H]1CC(=O)N(c2ccccc2)C1=O. The summed E-state index contributed by atoms with van der Waals surface area (Å²) < 4.78 is 0. The Bertz CT molecular complexity index is 762. The van der Waals surface area contributed by atoms with Crippen LogP contribution in [0.4, 0.5) is 11.4 Å². The normalized spacial score (nSPS) is 18.1. The lowest BCUT2D eigenvalue weighted by Gasteiger charge is -2.15. The van der Waals surface area contributed by atoms with Gasteiger partial charge in [-0.05, 0) is 24.3 Å². The molecule has 2 aromatic rings. The molecule has 1 saturated heterocycles. The molecule has 0 bridgehead atoms. The van der Waals surface area contributed by atoms with Gasteiger partial charge in [0.25, 0.3) is 0 Å². The summed E-state index contributed by atoms with van der Waals surface area (Å²) in [6.07, 6.45) is 0.174. The monoisotopic (exact) mass is 339 g/mol. The molecule has 0 aliphatic carbocycles. The summed E-state index contributed by atoms with van der Waals surface area (Å²) in [6, 6.07) is 18.6. The van der Waals surface area contributed by atoms with Gasteiger partial charge in [-0.15, -0.1) is 0 Å². The van der Waals surface area contributed by atoms with Crippen LogP contribution in [0.1, 0.15) is 6.42 Å². The number of aliphatic imine (C=N–C) groups is 1. The van der Waals surface area contributed by atoms with Crippen molar-refractivity contribution in [2.24, 2.45) is 4.99 Å². The highest BCUT2D eigenvalue weighted by Gasteiger charge is 2.40. The molecule has 1 heterocycles. The standard InChI is InChI=1S/C18H17N3O2S/c1-19-18(20-13-8-4-2-5-9-13)24-15-12-16(22)21(17(15)23)14-10-6-3-7-11-14/h2-11,15H,12H2,1H3,(H,19,20)/t15-/m1/s1. The van der Waals surface area contributed by atoms with Gasteiger partial charge in [-0.25, -0.2) is 4.90 Å². The van der Waals surface area contributed by atoms with Crippen LogP contribution in [0.5, 0.6) is 0 Å². The largest absolute Gasteiger partial charge is 0.335 e. The zero-order chi connectivity index (χ0) is 16.9. The number of rotatable bonds is 3. The minimum Gasteiger partial charge on any atom is -0.335 e. The summed E-state index contributed by atoms with van der Waals surface area (Å²) in [5, 5.41) is 3.32. The smallest absolute Gasteiger partial charge is 0.247 e. The maximum atomic E-state index is 12.6. The number of para-hydroxylation sites is 2. The van der Waals surface area contributed by atoms with Crippen LogP contribution in [0.3, 0.4) is 0 Å². The van der Waals surface area contributed by atoms with E-state index in [0.717, 1.165) is 5.69 Å². The van der Waals surface area contributed by atoms with Crippen LogP contribution in [-0.2, 0) is 9.59 Å². The lowest BCUT2D eigenvalue weighted by Crippen LogP contribution is -2.31. The van der Waals surface area contributed by atoms with Gasteiger partial charge in [-0.2, -0.15) is 0 Å². The quantitative estimate of drug-likeness (QED) is 0.530. The van der Waals surface area contributed by atoms with Crippen LogP contribution in [0.2, 0.25) is 0 Å². The summed E-state index contributed by atoms with van der Waals surface area (Å²) in [7, 11) is 1.66. The molecule has 1 aliphatic heterocycles. The maximum Gasteiger partial charge on any atom is 0.247 e. The van der Waals surface area contributed by atoms with Gasteiger partial charge >= 0.3 is 0 Å². The summed E-state index contributed by atoms with van der Waals surface area (Å²) >= 11 is 1.28. The third-order valence-electron chi connectivity index (χ3n) is 3.60. The average Bonchev–Trinajstić information content (AvgIpc) is 2.89. The molecule has 0 spiro atoms. The number of benzene rings is 2. The first-order valence-corrected chi connectivity index (χ1v) is 8.44. The van der Waals surface area contributed by atoms with Gasteiger partial charge in [0.15, 0.2) is 5.17 Å². The van der Waals surface area contributed by atoms with Crippen LogP contribution in [0, 0.1) is 0 Å². The Hall–Kier alpha value is -2.60. The van der Waals surface area contributed by atoms with E-state index in [1.807, 2.05) is 48.5 Å². The van der Waals surface area contributed by atoms with E-state index in [2.05, 4.69) is 10.3 Å². The van der Waals surface area contributed by atoms with Crippen molar-refractivity contribution in [1.82, 2.24) is 0 Å². The van der Waals surface area contributed by atoms with Crippen molar-refractivity contribution < 1.29 is 9.59 Å². The third-order valence-corrected chi connectivity index (χ3v) is 4.76. The van der Waals surface area contributed by atoms with E-state index in [9.17, 15) is 9.59 Å². The Labute approximate surface area is 144 Å². The molecule has 0 aromatic heterocycles. The fourth-order valence-electron chi connectivity index (χ4n) is 2.46. The van der Waals surface area contributed by atoms with Gasteiger partial charge in [-0.1, -0.05) is 48.2 Å². The van der Waals surface area contributed by atoms with Gasteiger partial charge in [0, 0.05) is 19.2 Å². The van der Waals surface area contributed by atoms with Gasteiger partial charge < -0.3 is 5.32 Å². The molecule has 1 fully saturated rings. The molecule has 0 radical (unpaired) electrons. The molecule has 3 rings (SSSR count). The average molecular weight is 339 g/mol. The minimum absolute atomic E-state index is 0.174. The summed E-state index contributed by atoms with van der Waals surface area (Å²) in [6.45, 7) is 0. The second-order valence-corrected chi connectivity index (χ2v) is 6.42. The van der Waals surface area contributed by atoms with Gasteiger partial charge in [0.05, 0.1) is 5.69 Å². The van der Waals surface area contributed by atoms with Crippen molar-refractivity contribution in [3.05, 3.63) is 60.7 Å². The van der Waals surface area contributed by atoms with Crippen LogP contribution in [0.15, 0.2) is 65.7 Å². The number of nitrogens with one attached hydrogen (secondary N) is 1. The van der Waals surface area contributed by atoms with Crippen molar-refractivity contribution in [2.75, 3.05) is 17.3 Å². The molecule has 1 atom stereocenters. The van der Waals surface area contributed by atoms with Crippen molar-refractivity contribution >= 4 is 40.1 Å². The van der Waals surface area contributed by atoms with Gasteiger partial charge in [0.1, 0.15) is 5.25 Å². The second kappa shape index (κ2) is 7.31. The molecule has 122 valence electrons. The van der Waals surface area contributed by atoms with E-state index in [1.165, 1.54) is 16.7 Å². The molecule has 6 heteroatoms. The summed E-state index contributed by atoms with van der Waals surface area (Å²) in [5.41, 5.74) is 1.50. The first-order valence-electron chi connectivity index (χ1n) is 7.56. The predicted octanol–water partition coefficient (Wildman–Crippen LogP) is 3.15. The fraction of sp³-hybridized carbons (Fsp3) is 0.167. The molecule has 0 unspecified atom stereocenters. The van der Waals surface area contributed by atoms with E-state index >= 15 is 0 Å². The van der Waals surface area contributed by atoms with Crippen molar-refractivity contribution in [3.63, 3.8) is 0 Å². The first-order chi connectivity index (χ1) is 11.7. The molecule has 1 N–H and O–H groups in total. The molecule has 1 aliphatic rings. The van der Waals surface area contributed by atoms with Crippen molar-refractivity contribution in [3.8, 4) is 0 Å². The molecule has 5 nitrogen and oxygen atoms in total. The fourth-order valence-corrected chi connectivity index (χ4v) is 3.45. The molecular weight excluding hydrogens is 322 g/mol. The number of nitrogens with zero attached hydrogens (tertiary/aromatic N) is 2. The zero-order valence-electron chi connectivity index (χ0n) is 13.2. The van der Waals surface area contributed by atoms with Gasteiger partial charge in [0.2, 0.25) is 11.8 Å². The van der Waals surface area contributed by atoms with E-state index < -0.39 is 5.25 Å². The van der Waals surface area contributed by atoms with Crippen LogP contribution >= 0.6 is 11.8 Å². The number of hydrogen-bond acceptors (Lipinski definition) is 4. The Morgan fingerprint density at radius 3 is 2.33 bits per heavy atom. The van der Waals surface area contributed by atoms with Crippen molar-refractivity contribution in [2.45, 2.75) is 11.7 Å². The van der Waals surface area contributed by atoms with Crippen LogP contribution in [-0.4, -0.2) is 29.3 Å². The first kappa shape index (κ1) is 16.3. The number of carbonyl (C=O) groups excluding carboxylic acids is 2. The Morgan fingerprint density at radius 2 is 1.71 bits per heavy atom. The number of carbonyl (C=O) groups is 2. The highest BCUT2D eigenvalue weighted by molar-refractivity contribution is 8.15. The minimum atomic E-state index is -0.465. The second-order valence-electron chi connectivity index (χ2n) is 5.23. The summed E-state index contributed by atoms with van der Waals surface area (Å²) in [5.74, 6) is -0.383. The highest BCUT2D eigenvalue weighted by Crippen LogP contribution is 2.30. The number of anilines is 2.